The molecule has 0 radical (unpaired) electrons. The molecule has 2 aromatic carbocycles. The highest BCUT2D eigenvalue weighted by molar-refractivity contribution is 5.79. The van der Waals surface area contributed by atoms with Gasteiger partial charge in [-0.1, -0.05) is 12.1 Å². The number of piperidine rings is 1. The average Bonchev–Trinajstić information content (AvgIpc) is 3.09. The Morgan fingerprint density at radius 3 is 2.11 bits per heavy atom. The molecule has 0 bridgehead atoms. The van der Waals surface area contributed by atoms with Crippen LogP contribution in [0.25, 0.3) is 0 Å². The van der Waals surface area contributed by atoms with Gasteiger partial charge in [0.1, 0.15) is 5.82 Å². The maximum atomic E-state index is 13.6. The topological polar surface area (TPSA) is 55.6 Å². The Labute approximate surface area is 203 Å². The van der Waals surface area contributed by atoms with Gasteiger partial charge < -0.3 is 15.4 Å². The van der Waals surface area contributed by atoms with Gasteiger partial charge in [-0.25, -0.2) is 4.39 Å². The lowest BCUT2D eigenvalue weighted by Gasteiger charge is -2.41. The van der Waals surface area contributed by atoms with E-state index >= 15 is 0 Å². The summed E-state index contributed by atoms with van der Waals surface area (Å²) >= 11 is 0. The summed E-state index contributed by atoms with van der Waals surface area (Å²) in [5, 5.41) is 0. The molecule has 196 valence electrons. The SMILES string of the molecule is C[C@@H](O[C@H]1CN2C(=O)CC(C)(N)C[C@H]2[C@@H]1c1ccc(F)cc1)c1cc(C(F)(F)F)cc(C(F)(F)F)c1. The van der Waals surface area contributed by atoms with Gasteiger partial charge in [0.05, 0.1) is 23.3 Å². The van der Waals surface area contributed by atoms with Gasteiger partial charge in [0.15, 0.2) is 0 Å². The maximum Gasteiger partial charge on any atom is 0.416 e. The summed E-state index contributed by atoms with van der Waals surface area (Å²) in [6.07, 6.45) is -11.4. The minimum absolute atomic E-state index is 0.0636. The predicted molar refractivity (Wildman–Crippen MR) is 116 cm³/mol. The first-order valence-corrected chi connectivity index (χ1v) is 11.3. The molecule has 5 atom stereocenters. The van der Waals surface area contributed by atoms with Gasteiger partial charge in [0.2, 0.25) is 5.91 Å². The Bertz CT molecular complexity index is 1100. The molecule has 1 unspecified atom stereocenters. The summed E-state index contributed by atoms with van der Waals surface area (Å²) in [5.74, 6) is -1.21. The van der Waals surface area contributed by atoms with Crippen LogP contribution >= 0.6 is 0 Å². The van der Waals surface area contributed by atoms with E-state index in [0.29, 0.717) is 24.1 Å². The van der Waals surface area contributed by atoms with Crippen molar-refractivity contribution in [3.05, 3.63) is 70.5 Å². The summed E-state index contributed by atoms with van der Waals surface area (Å²) in [6.45, 7) is 3.18. The minimum atomic E-state index is -4.99. The van der Waals surface area contributed by atoms with Crippen molar-refractivity contribution in [3.8, 4) is 0 Å². The van der Waals surface area contributed by atoms with E-state index in [9.17, 15) is 35.5 Å². The van der Waals surface area contributed by atoms with E-state index < -0.39 is 59.0 Å². The van der Waals surface area contributed by atoms with Crippen LogP contribution < -0.4 is 5.73 Å². The molecule has 0 saturated carbocycles. The van der Waals surface area contributed by atoms with E-state index in [-0.39, 0.29) is 30.5 Å². The van der Waals surface area contributed by atoms with Crippen molar-refractivity contribution in [1.82, 2.24) is 4.90 Å². The molecule has 2 aliphatic rings. The van der Waals surface area contributed by atoms with Crippen LogP contribution in [0, 0.1) is 5.82 Å². The van der Waals surface area contributed by atoms with Crippen molar-refractivity contribution in [2.24, 2.45) is 5.73 Å². The zero-order valence-corrected chi connectivity index (χ0v) is 19.5. The number of nitrogens with zero attached hydrogens (tertiary/aromatic N) is 1. The third kappa shape index (κ3) is 5.36. The molecule has 36 heavy (non-hydrogen) atoms. The summed E-state index contributed by atoms with van der Waals surface area (Å²) in [5.41, 5.74) is 2.94. The second-order valence-corrected chi connectivity index (χ2v) is 9.88. The van der Waals surface area contributed by atoms with E-state index in [1.807, 2.05) is 0 Å². The van der Waals surface area contributed by atoms with Crippen LogP contribution in [-0.4, -0.2) is 35.0 Å². The highest BCUT2D eigenvalue weighted by atomic mass is 19.4. The van der Waals surface area contributed by atoms with Gasteiger partial charge in [0, 0.05) is 30.5 Å². The zero-order valence-electron chi connectivity index (χ0n) is 19.5. The van der Waals surface area contributed by atoms with Crippen LogP contribution in [0.4, 0.5) is 30.7 Å². The fourth-order valence-corrected chi connectivity index (χ4v) is 5.21. The van der Waals surface area contributed by atoms with Gasteiger partial charge >= 0.3 is 12.4 Å². The molecule has 2 fully saturated rings. The van der Waals surface area contributed by atoms with Crippen LogP contribution in [0.5, 0.6) is 0 Å². The number of benzene rings is 2. The van der Waals surface area contributed by atoms with Crippen LogP contribution in [0.15, 0.2) is 42.5 Å². The van der Waals surface area contributed by atoms with E-state index in [0.717, 1.165) is 0 Å². The van der Waals surface area contributed by atoms with Crippen molar-refractivity contribution >= 4 is 5.91 Å². The lowest BCUT2D eigenvalue weighted by Crippen LogP contribution is -2.54. The summed E-state index contributed by atoms with van der Waals surface area (Å²) in [6, 6.07) is 6.46. The number of hydrogen-bond donors (Lipinski definition) is 1. The molecule has 0 aromatic heterocycles. The fraction of sp³-hybridized carbons (Fsp3) is 0.480. The van der Waals surface area contributed by atoms with Crippen molar-refractivity contribution in [3.63, 3.8) is 0 Å². The highest BCUT2D eigenvalue weighted by Gasteiger charge is 2.51. The number of rotatable bonds is 4. The van der Waals surface area contributed by atoms with Gasteiger partial charge in [-0.15, -0.1) is 0 Å². The number of hydrogen-bond acceptors (Lipinski definition) is 3. The number of fused-ring (bicyclic) bond motifs is 1. The Balaban J connectivity index is 1.70. The predicted octanol–water partition coefficient (Wildman–Crippen LogP) is 5.82. The summed E-state index contributed by atoms with van der Waals surface area (Å²) in [7, 11) is 0. The molecule has 2 N–H and O–H groups in total. The molecule has 0 spiro atoms. The second-order valence-electron chi connectivity index (χ2n) is 9.88. The highest BCUT2D eigenvalue weighted by Crippen LogP contribution is 2.45. The van der Waals surface area contributed by atoms with Gasteiger partial charge in [0.25, 0.3) is 0 Å². The molecule has 1 amide bonds. The number of ether oxygens (including phenoxy) is 1. The molecule has 11 heteroatoms. The molecular weight excluding hydrogens is 493 g/mol. The third-order valence-electron chi connectivity index (χ3n) is 6.86. The molecular formula is C25H25F7N2O2. The van der Waals surface area contributed by atoms with Gasteiger partial charge in [-0.2, -0.15) is 26.3 Å². The Morgan fingerprint density at radius 1 is 1.03 bits per heavy atom. The van der Waals surface area contributed by atoms with E-state index in [1.165, 1.54) is 31.2 Å². The molecule has 2 aromatic rings. The molecule has 4 nitrogen and oxygen atoms in total. The Morgan fingerprint density at radius 2 is 1.58 bits per heavy atom. The number of alkyl halides is 6. The second kappa shape index (κ2) is 9.02. The number of halogens is 7. The van der Waals surface area contributed by atoms with E-state index in [4.69, 9.17) is 10.5 Å². The maximum absolute atomic E-state index is 13.6. The van der Waals surface area contributed by atoms with Crippen LogP contribution in [0.3, 0.4) is 0 Å². The third-order valence-corrected chi connectivity index (χ3v) is 6.86. The lowest BCUT2D eigenvalue weighted by molar-refractivity contribution is -0.143. The molecule has 2 aliphatic heterocycles. The molecule has 2 heterocycles. The van der Waals surface area contributed by atoms with Gasteiger partial charge in [-0.3, -0.25) is 4.79 Å². The smallest absolute Gasteiger partial charge is 0.368 e. The lowest BCUT2D eigenvalue weighted by atomic mass is 9.79. The normalized spacial score (nSPS) is 27.8. The van der Waals surface area contributed by atoms with Crippen molar-refractivity contribution in [2.75, 3.05) is 6.54 Å². The van der Waals surface area contributed by atoms with Crippen molar-refractivity contribution in [2.45, 2.75) is 68.7 Å². The number of carbonyl (C=O) groups excluding carboxylic acids is 1. The largest absolute Gasteiger partial charge is 0.416 e. The number of carbonyl (C=O) groups is 1. The van der Waals surface area contributed by atoms with Crippen LogP contribution in [-0.2, 0) is 21.9 Å². The standard InChI is InChI=1S/C25H25F7N2O2/c1-13(15-7-16(24(27,28)29)9-17(8-15)25(30,31)32)36-20-12-34-19(10-23(2,33)11-21(34)35)22(20)14-3-5-18(26)6-4-14/h3-9,13,19-20,22H,10-12,33H2,1-2H3/t13-,19+,20+,22+,23?/m1/s1. The van der Waals surface area contributed by atoms with Crippen LogP contribution in [0.1, 0.15) is 61.0 Å². The van der Waals surface area contributed by atoms with Crippen molar-refractivity contribution < 1.29 is 40.3 Å². The quantitative estimate of drug-likeness (QED) is 0.520. The zero-order chi connectivity index (χ0) is 26.6. The molecule has 4 rings (SSSR count). The average molecular weight is 518 g/mol. The molecule has 0 aliphatic carbocycles. The first-order chi connectivity index (χ1) is 16.5. The first kappa shape index (κ1) is 26.4. The van der Waals surface area contributed by atoms with E-state index in [1.54, 1.807) is 11.8 Å². The molecule has 2 saturated heterocycles. The summed E-state index contributed by atoms with van der Waals surface area (Å²) in [4.78, 5) is 14.4. The summed E-state index contributed by atoms with van der Waals surface area (Å²) < 4.78 is 99.7. The first-order valence-electron chi connectivity index (χ1n) is 11.3. The Hall–Kier alpha value is -2.66. The van der Waals surface area contributed by atoms with E-state index in [2.05, 4.69) is 0 Å². The number of amides is 1. The number of nitrogens with two attached hydrogens (primary N) is 1. The Kier molecular flexibility index (Phi) is 6.62. The van der Waals surface area contributed by atoms with Crippen molar-refractivity contribution in [1.29, 1.82) is 0 Å². The minimum Gasteiger partial charge on any atom is -0.368 e. The monoisotopic (exact) mass is 518 g/mol. The van der Waals surface area contributed by atoms with Crippen LogP contribution in [0.2, 0.25) is 0 Å². The fourth-order valence-electron chi connectivity index (χ4n) is 5.21. The van der Waals surface area contributed by atoms with Gasteiger partial charge in [-0.05, 0) is 61.7 Å².